The maximum Gasteiger partial charge on any atom is 0.145 e. The van der Waals surface area contributed by atoms with Gasteiger partial charge in [0, 0.05) is 38.7 Å². The predicted molar refractivity (Wildman–Crippen MR) is 239 cm³/mol. The van der Waals surface area contributed by atoms with E-state index >= 15 is 0 Å². The molecule has 9 aromatic carbocycles. The number of nitrogens with zero attached hydrogens (tertiary/aromatic N) is 2. The van der Waals surface area contributed by atoms with E-state index in [2.05, 4.69) is 228 Å². The Bertz CT molecular complexity index is 3180. The fourth-order valence-electron chi connectivity index (χ4n) is 8.61. The van der Waals surface area contributed by atoms with Crippen molar-refractivity contribution in [2.45, 2.75) is 0 Å². The highest BCUT2D eigenvalue weighted by Gasteiger charge is 2.24. The number of aromatic nitrogens is 1. The Balaban J connectivity index is 1.15. The van der Waals surface area contributed by atoms with Crippen molar-refractivity contribution in [2.75, 3.05) is 4.90 Å². The van der Waals surface area contributed by atoms with Crippen molar-refractivity contribution in [3.05, 3.63) is 218 Å². The van der Waals surface area contributed by atoms with Crippen molar-refractivity contribution < 1.29 is 4.42 Å². The lowest BCUT2D eigenvalue weighted by Crippen LogP contribution is -2.12. The van der Waals surface area contributed by atoms with Gasteiger partial charge in [-0.05, 0) is 89.0 Å². The highest BCUT2D eigenvalue weighted by Crippen LogP contribution is 2.49. The van der Waals surface area contributed by atoms with Crippen molar-refractivity contribution in [3.63, 3.8) is 0 Å². The van der Waals surface area contributed by atoms with Gasteiger partial charge < -0.3 is 13.9 Å². The molecular formula is C54H36N2O. The normalized spacial score (nSPS) is 11.5. The quantitative estimate of drug-likeness (QED) is 0.163. The molecule has 0 unspecified atom stereocenters. The Hall–Kier alpha value is -7.62. The third-order valence-corrected chi connectivity index (χ3v) is 11.2. The molecule has 0 radical (unpaired) electrons. The van der Waals surface area contributed by atoms with E-state index in [1.165, 1.54) is 32.9 Å². The second-order valence-corrected chi connectivity index (χ2v) is 14.5. The molecule has 57 heavy (non-hydrogen) atoms. The van der Waals surface area contributed by atoms with Crippen LogP contribution in [0.3, 0.4) is 0 Å². The molecule has 2 aromatic heterocycles. The minimum atomic E-state index is 0.857. The third-order valence-electron chi connectivity index (χ3n) is 11.2. The van der Waals surface area contributed by atoms with E-state index in [0.29, 0.717) is 0 Å². The molecule has 0 amide bonds. The molecule has 0 saturated heterocycles. The van der Waals surface area contributed by atoms with Gasteiger partial charge in [0.2, 0.25) is 0 Å². The summed E-state index contributed by atoms with van der Waals surface area (Å²) in [5, 5.41) is 4.64. The van der Waals surface area contributed by atoms with Gasteiger partial charge in [0.25, 0.3) is 0 Å². The van der Waals surface area contributed by atoms with Crippen LogP contribution in [0.1, 0.15) is 0 Å². The smallest absolute Gasteiger partial charge is 0.145 e. The summed E-state index contributed by atoms with van der Waals surface area (Å²) in [4.78, 5) is 2.40. The number of anilines is 3. The summed E-state index contributed by atoms with van der Waals surface area (Å²) in [7, 11) is 0. The van der Waals surface area contributed by atoms with Crippen LogP contribution in [0, 0.1) is 0 Å². The molecule has 0 aliphatic heterocycles. The molecule has 11 aromatic rings. The minimum Gasteiger partial charge on any atom is -0.455 e. The van der Waals surface area contributed by atoms with Crippen molar-refractivity contribution in [3.8, 4) is 39.1 Å². The van der Waals surface area contributed by atoms with Gasteiger partial charge in [-0.2, -0.15) is 0 Å². The molecule has 11 rings (SSSR count). The van der Waals surface area contributed by atoms with Gasteiger partial charge in [0.1, 0.15) is 11.2 Å². The van der Waals surface area contributed by atoms with E-state index in [-0.39, 0.29) is 0 Å². The zero-order valence-electron chi connectivity index (χ0n) is 31.1. The van der Waals surface area contributed by atoms with Gasteiger partial charge in [-0.15, -0.1) is 0 Å². The largest absolute Gasteiger partial charge is 0.455 e. The van der Waals surface area contributed by atoms with E-state index in [4.69, 9.17) is 4.42 Å². The maximum atomic E-state index is 6.93. The molecule has 0 atom stereocenters. The van der Waals surface area contributed by atoms with E-state index in [9.17, 15) is 0 Å². The molecule has 3 heteroatoms. The molecule has 0 bridgehead atoms. The lowest BCUT2D eigenvalue weighted by molar-refractivity contribution is 0.670. The highest BCUT2D eigenvalue weighted by atomic mass is 16.3. The third kappa shape index (κ3) is 5.51. The molecule has 3 nitrogen and oxygen atoms in total. The van der Waals surface area contributed by atoms with Crippen LogP contribution in [0.25, 0.3) is 82.8 Å². The van der Waals surface area contributed by atoms with Crippen LogP contribution >= 0.6 is 0 Å². The van der Waals surface area contributed by atoms with E-state index in [0.717, 1.165) is 66.9 Å². The first-order valence-electron chi connectivity index (χ1n) is 19.4. The molecule has 0 N–H and O–H groups in total. The summed E-state index contributed by atoms with van der Waals surface area (Å²) >= 11 is 0. The summed E-state index contributed by atoms with van der Waals surface area (Å²) in [5.41, 5.74) is 15.2. The minimum absolute atomic E-state index is 0.857. The molecule has 0 aliphatic carbocycles. The Morgan fingerprint density at radius 1 is 0.368 bits per heavy atom. The van der Waals surface area contributed by atoms with Gasteiger partial charge in [0.05, 0.1) is 27.8 Å². The summed E-state index contributed by atoms with van der Waals surface area (Å²) in [6, 6.07) is 78.0. The zero-order valence-corrected chi connectivity index (χ0v) is 31.1. The van der Waals surface area contributed by atoms with E-state index < -0.39 is 0 Å². The van der Waals surface area contributed by atoms with Gasteiger partial charge in [-0.3, -0.25) is 0 Å². The number of rotatable bonds is 7. The number of hydrogen-bond donors (Lipinski definition) is 0. The maximum absolute atomic E-state index is 6.93. The standard InChI is InChI=1S/C54H36N2O/c1-4-17-37(18-5-1)39-31-33-50(47(36-39)38-19-6-2-7-20-38)55(41-22-8-3-9-23-41)51-34-32-43(54-53(51)46-27-12-15-30-52(46)57-54)40-21-16-24-42(35-40)56-48-28-13-10-25-44(48)45-26-11-14-29-49(45)56/h1-36H. The average Bonchev–Trinajstić information content (AvgIpc) is 3.84. The number of benzene rings is 9. The Morgan fingerprint density at radius 3 is 1.67 bits per heavy atom. The van der Waals surface area contributed by atoms with Crippen molar-refractivity contribution >= 4 is 60.8 Å². The first-order chi connectivity index (χ1) is 28.3. The van der Waals surface area contributed by atoms with Crippen molar-refractivity contribution in [1.29, 1.82) is 0 Å². The fourth-order valence-corrected chi connectivity index (χ4v) is 8.61. The summed E-state index contributed by atoms with van der Waals surface area (Å²) in [5.74, 6) is 0. The van der Waals surface area contributed by atoms with Gasteiger partial charge in [0.15, 0.2) is 0 Å². The average molecular weight is 729 g/mol. The zero-order chi connectivity index (χ0) is 37.7. The number of furan rings is 1. The number of hydrogen-bond acceptors (Lipinski definition) is 2. The second kappa shape index (κ2) is 13.6. The summed E-state index contributed by atoms with van der Waals surface area (Å²) in [6.07, 6.45) is 0. The van der Waals surface area contributed by atoms with E-state index in [1.807, 2.05) is 0 Å². The molecule has 0 spiro atoms. The predicted octanol–water partition coefficient (Wildman–Crippen LogP) is 15.2. The van der Waals surface area contributed by atoms with Crippen molar-refractivity contribution in [1.82, 2.24) is 4.57 Å². The van der Waals surface area contributed by atoms with Crippen LogP contribution in [-0.4, -0.2) is 4.57 Å². The van der Waals surface area contributed by atoms with Crippen LogP contribution in [0.5, 0.6) is 0 Å². The number of fused-ring (bicyclic) bond motifs is 6. The highest BCUT2D eigenvalue weighted by molar-refractivity contribution is 6.17. The lowest BCUT2D eigenvalue weighted by Gasteiger charge is -2.29. The van der Waals surface area contributed by atoms with Crippen LogP contribution in [0.15, 0.2) is 223 Å². The van der Waals surface area contributed by atoms with E-state index in [1.54, 1.807) is 0 Å². The molecular weight excluding hydrogens is 693 g/mol. The Labute approximate surface area is 330 Å². The van der Waals surface area contributed by atoms with Gasteiger partial charge >= 0.3 is 0 Å². The molecule has 0 saturated carbocycles. The monoisotopic (exact) mass is 728 g/mol. The topological polar surface area (TPSA) is 21.3 Å². The molecule has 0 fully saturated rings. The van der Waals surface area contributed by atoms with Crippen molar-refractivity contribution in [2.24, 2.45) is 0 Å². The fraction of sp³-hybridized carbons (Fsp3) is 0. The molecule has 0 aliphatic rings. The van der Waals surface area contributed by atoms with Crippen LogP contribution in [0.2, 0.25) is 0 Å². The lowest BCUT2D eigenvalue weighted by atomic mass is 9.95. The molecule has 2 heterocycles. The Kier molecular flexibility index (Phi) is 7.82. The Morgan fingerprint density at radius 2 is 0.947 bits per heavy atom. The van der Waals surface area contributed by atoms with Gasteiger partial charge in [-0.25, -0.2) is 0 Å². The van der Waals surface area contributed by atoms with Crippen LogP contribution in [-0.2, 0) is 0 Å². The second-order valence-electron chi connectivity index (χ2n) is 14.5. The number of para-hydroxylation sites is 4. The van der Waals surface area contributed by atoms with Crippen LogP contribution < -0.4 is 4.90 Å². The SMILES string of the molecule is c1ccc(-c2ccc(N(c3ccccc3)c3ccc(-c4cccc(-n5c6ccccc6c6ccccc65)c4)c4oc5ccccc5c34)c(-c3ccccc3)c2)cc1. The summed E-state index contributed by atoms with van der Waals surface area (Å²) < 4.78 is 9.30. The molecule has 268 valence electrons. The first kappa shape index (κ1) is 32.8. The van der Waals surface area contributed by atoms with Crippen LogP contribution in [0.4, 0.5) is 17.1 Å². The van der Waals surface area contributed by atoms with Gasteiger partial charge in [-0.1, -0.05) is 152 Å². The summed E-state index contributed by atoms with van der Waals surface area (Å²) in [6.45, 7) is 0. The first-order valence-corrected chi connectivity index (χ1v) is 19.4.